The normalized spacial score (nSPS) is 13.1. The molecule has 0 rings (SSSR count). The predicted molar refractivity (Wildman–Crippen MR) is 343 cm³/mol. The van der Waals surface area contributed by atoms with Gasteiger partial charge in [0.2, 0.25) is 0 Å². The topological polar surface area (TPSA) is 78.9 Å². The van der Waals surface area contributed by atoms with Crippen LogP contribution >= 0.6 is 0 Å². The monoisotopic (exact) mass is 1090 g/mol. The van der Waals surface area contributed by atoms with Crippen molar-refractivity contribution in [2.75, 3.05) is 13.2 Å². The van der Waals surface area contributed by atoms with Gasteiger partial charge in [-0.1, -0.05) is 263 Å². The molecule has 0 bridgehead atoms. The molecule has 0 saturated heterocycles. The zero-order chi connectivity index (χ0) is 57.1. The lowest BCUT2D eigenvalue weighted by Crippen LogP contribution is -2.30. The third-order valence-electron chi connectivity index (χ3n) is 13.3. The van der Waals surface area contributed by atoms with E-state index in [9.17, 15) is 14.4 Å². The van der Waals surface area contributed by atoms with Gasteiger partial charge >= 0.3 is 17.9 Å². The summed E-state index contributed by atoms with van der Waals surface area (Å²) >= 11 is 0. The van der Waals surface area contributed by atoms with Crippen molar-refractivity contribution in [1.82, 2.24) is 0 Å². The smallest absolute Gasteiger partial charge is 0.306 e. The van der Waals surface area contributed by atoms with Gasteiger partial charge in [0.1, 0.15) is 13.2 Å². The first-order valence-electron chi connectivity index (χ1n) is 32.3. The van der Waals surface area contributed by atoms with Crippen LogP contribution in [0.3, 0.4) is 0 Å². The molecule has 0 aromatic heterocycles. The molecule has 0 aliphatic carbocycles. The van der Waals surface area contributed by atoms with Crippen LogP contribution in [0, 0.1) is 0 Å². The Hall–Kier alpha value is -4.71. The van der Waals surface area contributed by atoms with Crippen molar-refractivity contribution in [3.05, 3.63) is 146 Å². The van der Waals surface area contributed by atoms with Crippen molar-refractivity contribution in [1.29, 1.82) is 0 Å². The number of unbranched alkanes of at least 4 members (excludes halogenated alkanes) is 22. The Morgan fingerprint density at radius 1 is 0.266 bits per heavy atom. The minimum absolute atomic E-state index is 0.106. The Morgan fingerprint density at radius 3 is 0.797 bits per heavy atom. The Morgan fingerprint density at radius 2 is 0.494 bits per heavy atom. The van der Waals surface area contributed by atoms with Gasteiger partial charge in [-0.2, -0.15) is 0 Å². The highest BCUT2D eigenvalue weighted by atomic mass is 16.6. The van der Waals surface area contributed by atoms with Gasteiger partial charge in [0.25, 0.3) is 0 Å². The second kappa shape index (κ2) is 65.8. The van der Waals surface area contributed by atoms with Crippen molar-refractivity contribution < 1.29 is 28.6 Å². The Kier molecular flexibility index (Phi) is 61.9. The summed E-state index contributed by atoms with van der Waals surface area (Å²) in [6.07, 6.45) is 94.2. The van der Waals surface area contributed by atoms with Crippen LogP contribution in [-0.2, 0) is 28.6 Å². The summed E-state index contributed by atoms with van der Waals surface area (Å²) in [5.41, 5.74) is 0. The number of hydrogen-bond acceptors (Lipinski definition) is 6. The van der Waals surface area contributed by atoms with Crippen molar-refractivity contribution in [3.63, 3.8) is 0 Å². The van der Waals surface area contributed by atoms with E-state index in [2.05, 4.69) is 167 Å². The van der Waals surface area contributed by atoms with Crippen LogP contribution in [0.25, 0.3) is 0 Å². The van der Waals surface area contributed by atoms with Crippen LogP contribution in [0.1, 0.15) is 278 Å². The fourth-order valence-electron chi connectivity index (χ4n) is 8.53. The number of esters is 3. The van der Waals surface area contributed by atoms with Crippen LogP contribution < -0.4 is 0 Å². The minimum Gasteiger partial charge on any atom is -0.462 e. The maximum atomic E-state index is 12.9. The van der Waals surface area contributed by atoms with E-state index in [1.807, 2.05) is 0 Å². The summed E-state index contributed by atoms with van der Waals surface area (Å²) in [6, 6.07) is 0. The molecular weight excluding hydrogens is 973 g/mol. The highest BCUT2D eigenvalue weighted by Gasteiger charge is 2.19. The van der Waals surface area contributed by atoms with Crippen LogP contribution in [0.5, 0.6) is 0 Å². The van der Waals surface area contributed by atoms with E-state index in [-0.39, 0.29) is 31.1 Å². The molecule has 1 atom stereocenters. The maximum absolute atomic E-state index is 12.9. The summed E-state index contributed by atoms with van der Waals surface area (Å²) in [5.74, 6) is -0.966. The Balaban J connectivity index is 4.46. The van der Waals surface area contributed by atoms with Crippen molar-refractivity contribution >= 4 is 17.9 Å². The van der Waals surface area contributed by atoms with Crippen molar-refractivity contribution in [2.24, 2.45) is 0 Å². The van der Waals surface area contributed by atoms with Gasteiger partial charge in [0.05, 0.1) is 0 Å². The van der Waals surface area contributed by atoms with Gasteiger partial charge in [0.15, 0.2) is 6.10 Å². The number of carbonyl (C=O) groups excluding carboxylic acids is 3. The minimum atomic E-state index is -0.812. The van der Waals surface area contributed by atoms with Crippen LogP contribution in [0.2, 0.25) is 0 Å². The molecule has 0 radical (unpaired) electrons. The van der Waals surface area contributed by atoms with E-state index in [1.165, 1.54) is 96.3 Å². The van der Waals surface area contributed by atoms with Crippen molar-refractivity contribution in [2.45, 2.75) is 284 Å². The Bertz CT molecular complexity index is 1730. The highest BCUT2D eigenvalue weighted by Crippen LogP contribution is 2.15. The van der Waals surface area contributed by atoms with Gasteiger partial charge in [-0.3, -0.25) is 14.4 Å². The summed E-state index contributed by atoms with van der Waals surface area (Å²) < 4.78 is 16.9. The molecule has 0 aromatic carbocycles. The first kappa shape index (κ1) is 74.3. The summed E-state index contributed by atoms with van der Waals surface area (Å²) in [5, 5.41) is 0. The van der Waals surface area contributed by atoms with Crippen molar-refractivity contribution in [3.8, 4) is 0 Å². The lowest BCUT2D eigenvalue weighted by atomic mass is 10.1. The molecule has 79 heavy (non-hydrogen) atoms. The van der Waals surface area contributed by atoms with E-state index >= 15 is 0 Å². The highest BCUT2D eigenvalue weighted by molar-refractivity contribution is 5.71. The first-order valence-corrected chi connectivity index (χ1v) is 32.3. The van der Waals surface area contributed by atoms with Gasteiger partial charge in [0, 0.05) is 19.3 Å². The summed E-state index contributed by atoms with van der Waals surface area (Å²) in [6.45, 7) is 6.36. The Labute approximate surface area is 487 Å². The molecule has 0 aliphatic rings. The molecule has 0 spiro atoms. The van der Waals surface area contributed by atoms with Gasteiger partial charge < -0.3 is 14.2 Å². The molecule has 0 N–H and O–H groups in total. The second-order valence-corrected chi connectivity index (χ2v) is 20.9. The fourth-order valence-corrected chi connectivity index (χ4v) is 8.53. The standard InChI is InChI=1S/C73H118O6/c1-4-7-10-13-16-19-22-25-28-30-32-34-35-36-37-39-40-42-45-48-51-54-57-60-63-66-72(75)78-69-70(68-77-71(74)65-62-59-56-53-50-47-44-27-24-21-18-15-12-9-6-3)79-73(76)67-64-61-58-55-52-49-46-43-41-38-33-31-29-26-23-20-17-14-11-8-5-2/h7,9-10,12,16,18-19,21,23,25-28,31-34,36-37,40,42,44,50,53,70H,4-6,8,11,13-15,17,20,22,24,29-30,35,38-39,41,43,45-49,51-52,54-69H2,1-3H3/b10-7-,12-9-,19-16-,21-18-,26-23-,28-25-,33-31-,34-32-,37-36-,42-40-,44-27-,53-50-. The molecule has 0 fully saturated rings. The third-order valence-corrected chi connectivity index (χ3v) is 13.3. The molecule has 1 unspecified atom stereocenters. The SMILES string of the molecule is CC/C=C\C/C=C\C/C=C\C/C=C\C/C=C\C/C=C\CCCCCCCCC(=O)OCC(COC(=O)CCCC/C=C\C/C=C\C/C=C\C/C=C\CC)OC(=O)CCCCCCCCCCC/C=C\C/C=C\CCCCCCC. The molecule has 0 aromatic rings. The largest absolute Gasteiger partial charge is 0.462 e. The summed E-state index contributed by atoms with van der Waals surface area (Å²) in [7, 11) is 0. The van der Waals surface area contributed by atoms with E-state index in [4.69, 9.17) is 14.2 Å². The summed E-state index contributed by atoms with van der Waals surface area (Å²) in [4.78, 5) is 38.3. The van der Waals surface area contributed by atoms with Gasteiger partial charge in [-0.25, -0.2) is 0 Å². The molecule has 0 amide bonds. The molecule has 0 saturated carbocycles. The fraction of sp³-hybridized carbons (Fsp3) is 0.630. The van der Waals surface area contributed by atoms with Crippen LogP contribution in [0.4, 0.5) is 0 Å². The lowest BCUT2D eigenvalue weighted by Gasteiger charge is -2.18. The zero-order valence-corrected chi connectivity index (χ0v) is 51.1. The van der Waals surface area contributed by atoms with E-state index in [0.717, 1.165) is 135 Å². The number of hydrogen-bond donors (Lipinski definition) is 0. The maximum Gasteiger partial charge on any atom is 0.306 e. The predicted octanol–water partition coefficient (Wildman–Crippen LogP) is 22.3. The van der Waals surface area contributed by atoms with Gasteiger partial charge in [-0.15, -0.1) is 0 Å². The molecule has 0 heterocycles. The number of carbonyl (C=O) groups is 3. The number of allylic oxidation sites excluding steroid dienone is 24. The van der Waals surface area contributed by atoms with Gasteiger partial charge in [-0.05, 0) is 141 Å². The first-order chi connectivity index (χ1) is 39.0. The van der Waals surface area contributed by atoms with E-state index in [1.54, 1.807) is 0 Å². The third kappa shape index (κ3) is 64.0. The second-order valence-electron chi connectivity index (χ2n) is 20.9. The van der Waals surface area contributed by atoms with Crippen LogP contribution in [0.15, 0.2) is 146 Å². The molecule has 6 heteroatoms. The van der Waals surface area contributed by atoms with Crippen LogP contribution in [-0.4, -0.2) is 37.2 Å². The number of rotatable bonds is 57. The zero-order valence-electron chi connectivity index (χ0n) is 51.1. The van der Waals surface area contributed by atoms with E-state index < -0.39 is 6.10 Å². The number of ether oxygens (including phenoxy) is 3. The molecule has 6 nitrogen and oxygen atoms in total. The molecule has 446 valence electrons. The quantitative estimate of drug-likeness (QED) is 0.0261. The average Bonchev–Trinajstić information content (AvgIpc) is 3.45. The van der Waals surface area contributed by atoms with E-state index in [0.29, 0.717) is 25.7 Å². The molecular formula is C73H118O6. The lowest BCUT2D eigenvalue weighted by molar-refractivity contribution is -0.167. The molecule has 0 aliphatic heterocycles. The average molecular weight is 1090 g/mol.